The van der Waals surface area contributed by atoms with Crippen LogP contribution in [0.4, 0.5) is 0 Å². The van der Waals surface area contributed by atoms with E-state index < -0.39 is 0 Å². The Bertz CT molecular complexity index is 205. The lowest BCUT2D eigenvalue weighted by Crippen LogP contribution is -2.20. The van der Waals surface area contributed by atoms with Gasteiger partial charge in [-0.05, 0) is 25.2 Å². The van der Waals surface area contributed by atoms with Crippen LogP contribution in [0.5, 0.6) is 0 Å². The van der Waals surface area contributed by atoms with E-state index >= 15 is 0 Å². The maximum Gasteiger partial charge on any atom is 0.0669 e. The first-order valence-electron chi connectivity index (χ1n) is 9.45. The van der Waals surface area contributed by atoms with Crippen LogP contribution >= 0.6 is 0 Å². The quantitative estimate of drug-likeness (QED) is 0.394. The van der Waals surface area contributed by atoms with Crippen molar-refractivity contribution < 1.29 is 4.74 Å². The number of nitrogens with two attached hydrogens (primary N) is 1. The highest BCUT2D eigenvalue weighted by Gasteiger charge is 2.22. The second kappa shape index (κ2) is 13.6. The second-order valence-electron chi connectivity index (χ2n) is 6.70. The molecule has 1 atom stereocenters. The lowest BCUT2D eigenvalue weighted by molar-refractivity contribution is 0.0689. The van der Waals surface area contributed by atoms with E-state index in [1.165, 1.54) is 70.6 Å². The van der Waals surface area contributed by atoms with Crippen LogP contribution in [0.15, 0.2) is 0 Å². The van der Waals surface area contributed by atoms with Gasteiger partial charge in [0, 0.05) is 13.2 Å². The molecular weight excluding hydrogens is 258 g/mol. The summed E-state index contributed by atoms with van der Waals surface area (Å²) in [6, 6.07) is 0. The summed E-state index contributed by atoms with van der Waals surface area (Å²) in [5.74, 6) is 0. The third kappa shape index (κ3) is 10.3. The Labute approximate surface area is 134 Å². The molecule has 0 aromatic rings. The van der Waals surface area contributed by atoms with Gasteiger partial charge >= 0.3 is 0 Å². The first-order valence-corrected chi connectivity index (χ1v) is 9.45. The van der Waals surface area contributed by atoms with E-state index in [0.29, 0.717) is 12.0 Å². The Kier molecular flexibility index (Phi) is 13.5. The van der Waals surface area contributed by atoms with E-state index in [0.717, 1.165) is 6.61 Å². The highest BCUT2D eigenvalue weighted by Crippen LogP contribution is 2.36. The van der Waals surface area contributed by atoms with E-state index in [2.05, 4.69) is 20.8 Å². The van der Waals surface area contributed by atoms with Crippen molar-refractivity contribution in [3.8, 4) is 0 Å². The molecule has 0 aromatic carbocycles. The fraction of sp³-hybridized carbons (Fsp3) is 1.00. The van der Waals surface area contributed by atoms with Gasteiger partial charge in [0.15, 0.2) is 0 Å². The number of rotatable bonds is 15. The van der Waals surface area contributed by atoms with E-state index in [4.69, 9.17) is 10.5 Å². The Morgan fingerprint density at radius 2 is 1.29 bits per heavy atom. The van der Waals surface area contributed by atoms with Gasteiger partial charge in [-0.2, -0.15) is 0 Å². The molecular formula is C19H41NO. The van der Waals surface area contributed by atoms with Crippen molar-refractivity contribution in [3.05, 3.63) is 0 Å². The van der Waals surface area contributed by atoms with Crippen LogP contribution in [0.3, 0.4) is 0 Å². The summed E-state index contributed by atoms with van der Waals surface area (Å²) < 4.78 is 5.59. The lowest BCUT2D eigenvalue weighted by Gasteiger charge is -2.30. The van der Waals surface area contributed by atoms with Crippen molar-refractivity contribution in [3.63, 3.8) is 0 Å². The van der Waals surface area contributed by atoms with Gasteiger partial charge in [-0.25, -0.2) is 0 Å². The van der Waals surface area contributed by atoms with Crippen molar-refractivity contribution in [2.45, 2.75) is 104 Å². The standard InChI is InChI=1S/C19H41NO/c1-5-19(6-2,7-3)15-13-11-9-8-10-12-14-16-21-18(4)17-20/h18H,5-17,20H2,1-4H3. The molecule has 2 heteroatoms. The predicted octanol–water partition coefficient (Wildman–Crippen LogP) is 5.69. The molecule has 1 unspecified atom stereocenters. The van der Waals surface area contributed by atoms with E-state index in [9.17, 15) is 0 Å². The van der Waals surface area contributed by atoms with Gasteiger partial charge in [-0.3, -0.25) is 0 Å². The highest BCUT2D eigenvalue weighted by atomic mass is 16.5. The molecule has 0 aliphatic carbocycles. The number of hydrogen-bond acceptors (Lipinski definition) is 2. The maximum atomic E-state index is 5.59. The second-order valence-corrected chi connectivity index (χ2v) is 6.70. The SMILES string of the molecule is CCC(CC)(CC)CCCCCCCCCOC(C)CN. The monoisotopic (exact) mass is 299 g/mol. The normalized spacial score (nSPS) is 13.6. The molecule has 0 aliphatic heterocycles. The molecule has 0 aromatic heterocycles. The van der Waals surface area contributed by atoms with Gasteiger partial charge in [0.25, 0.3) is 0 Å². The summed E-state index contributed by atoms with van der Waals surface area (Å²) in [6.45, 7) is 10.6. The summed E-state index contributed by atoms with van der Waals surface area (Å²) in [5, 5.41) is 0. The van der Waals surface area contributed by atoms with Gasteiger partial charge in [-0.15, -0.1) is 0 Å². The minimum absolute atomic E-state index is 0.223. The number of ether oxygens (including phenoxy) is 1. The smallest absolute Gasteiger partial charge is 0.0669 e. The molecule has 0 fully saturated rings. The molecule has 128 valence electrons. The van der Waals surface area contributed by atoms with Gasteiger partial charge in [0.2, 0.25) is 0 Å². The lowest BCUT2D eigenvalue weighted by atomic mass is 9.75. The minimum Gasteiger partial charge on any atom is -0.377 e. The molecule has 0 heterocycles. The zero-order valence-corrected chi connectivity index (χ0v) is 15.3. The van der Waals surface area contributed by atoms with Crippen molar-refractivity contribution in [2.75, 3.05) is 13.2 Å². The van der Waals surface area contributed by atoms with E-state index in [1.54, 1.807) is 0 Å². The Morgan fingerprint density at radius 1 is 0.810 bits per heavy atom. The van der Waals surface area contributed by atoms with Crippen LogP contribution in [-0.2, 0) is 4.74 Å². The van der Waals surface area contributed by atoms with Gasteiger partial charge in [-0.1, -0.05) is 78.6 Å². The van der Waals surface area contributed by atoms with Crippen LogP contribution in [0, 0.1) is 5.41 Å². The van der Waals surface area contributed by atoms with Crippen molar-refractivity contribution in [1.29, 1.82) is 0 Å². The molecule has 0 saturated carbocycles. The fourth-order valence-corrected chi connectivity index (χ4v) is 3.12. The largest absolute Gasteiger partial charge is 0.377 e. The summed E-state index contributed by atoms with van der Waals surface area (Å²) >= 11 is 0. The third-order valence-electron chi connectivity index (χ3n) is 5.34. The molecule has 21 heavy (non-hydrogen) atoms. The van der Waals surface area contributed by atoms with Crippen LogP contribution in [0.1, 0.15) is 98.3 Å². The van der Waals surface area contributed by atoms with Gasteiger partial charge in [0.05, 0.1) is 6.10 Å². The summed E-state index contributed by atoms with van der Waals surface area (Å²) in [4.78, 5) is 0. The molecule has 2 nitrogen and oxygen atoms in total. The zero-order valence-electron chi connectivity index (χ0n) is 15.3. The first-order chi connectivity index (χ1) is 10.1. The van der Waals surface area contributed by atoms with Gasteiger partial charge in [0.1, 0.15) is 0 Å². The first kappa shape index (κ1) is 20.9. The van der Waals surface area contributed by atoms with Crippen molar-refractivity contribution in [2.24, 2.45) is 11.1 Å². The van der Waals surface area contributed by atoms with Crippen molar-refractivity contribution >= 4 is 0 Å². The van der Waals surface area contributed by atoms with E-state index in [1.807, 2.05) is 6.92 Å². The summed E-state index contributed by atoms with van der Waals surface area (Å²) in [7, 11) is 0. The molecule has 2 N–H and O–H groups in total. The molecule has 0 spiro atoms. The predicted molar refractivity (Wildman–Crippen MR) is 94.7 cm³/mol. The average molecular weight is 300 g/mol. The number of unbranched alkanes of at least 4 members (excludes halogenated alkanes) is 6. The molecule has 0 radical (unpaired) electrons. The number of hydrogen-bond donors (Lipinski definition) is 1. The zero-order chi connectivity index (χ0) is 16.0. The molecule has 0 rings (SSSR count). The Balaban J connectivity index is 3.36. The minimum atomic E-state index is 0.223. The topological polar surface area (TPSA) is 35.2 Å². The molecule has 0 aliphatic rings. The van der Waals surface area contributed by atoms with Crippen LogP contribution in [0.25, 0.3) is 0 Å². The average Bonchev–Trinajstić information content (AvgIpc) is 2.53. The van der Waals surface area contributed by atoms with Gasteiger partial charge < -0.3 is 10.5 Å². The fourth-order valence-electron chi connectivity index (χ4n) is 3.12. The van der Waals surface area contributed by atoms with Crippen LogP contribution < -0.4 is 5.73 Å². The maximum absolute atomic E-state index is 5.59. The van der Waals surface area contributed by atoms with E-state index in [-0.39, 0.29) is 6.10 Å². The van der Waals surface area contributed by atoms with Crippen LogP contribution in [-0.4, -0.2) is 19.3 Å². The molecule has 0 saturated heterocycles. The Morgan fingerprint density at radius 3 is 1.76 bits per heavy atom. The summed E-state index contributed by atoms with van der Waals surface area (Å²) in [6.07, 6.45) is 15.2. The third-order valence-corrected chi connectivity index (χ3v) is 5.34. The van der Waals surface area contributed by atoms with Crippen molar-refractivity contribution in [1.82, 2.24) is 0 Å². The highest BCUT2D eigenvalue weighted by molar-refractivity contribution is 4.74. The Hall–Kier alpha value is -0.0800. The molecule has 0 amide bonds. The summed E-state index contributed by atoms with van der Waals surface area (Å²) in [5.41, 5.74) is 6.15. The molecule has 0 bridgehead atoms. The van der Waals surface area contributed by atoms with Crippen LogP contribution in [0.2, 0.25) is 0 Å².